The number of nitrogens with zero attached hydrogens (tertiary/aromatic N) is 1. The molecule has 5 nitrogen and oxygen atoms in total. The summed E-state index contributed by atoms with van der Waals surface area (Å²) in [6, 6.07) is 14.8. The Morgan fingerprint density at radius 2 is 1.57 bits per heavy atom. The number of hydrogen-bond acceptors (Lipinski definition) is 2. The van der Waals surface area contributed by atoms with Crippen LogP contribution in [0.1, 0.15) is 31.8 Å². The van der Waals surface area contributed by atoms with E-state index >= 15 is 0 Å². The van der Waals surface area contributed by atoms with E-state index in [2.05, 4.69) is 0 Å². The average molecular weight is 411 g/mol. The SMILES string of the molecule is NC(=O)c1ccc(Cn2c3cc(C(F)(F)F)ccc3c3c(C(N)=O)cccc32)cc1. The van der Waals surface area contributed by atoms with E-state index < -0.39 is 23.6 Å². The van der Waals surface area contributed by atoms with Gasteiger partial charge in [-0.2, -0.15) is 13.2 Å². The van der Waals surface area contributed by atoms with Gasteiger partial charge in [-0.25, -0.2) is 0 Å². The van der Waals surface area contributed by atoms with Crippen molar-refractivity contribution in [1.82, 2.24) is 4.57 Å². The Bertz CT molecular complexity index is 1310. The van der Waals surface area contributed by atoms with Crippen molar-refractivity contribution in [2.24, 2.45) is 11.5 Å². The fourth-order valence-corrected chi connectivity index (χ4v) is 3.65. The molecule has 8 heteroatoms. The van der Waals surface area contributed by atoms with Gasteiger partial charge in [0.15, 0.2) is 0 Å². The summed E-state index contributed by atoms with van der Waals surface area (Å²) in [5.41, 5.74) is 12.2. The Balaban J connectivity index is 1.98. The Hall–Kier alpha value is -3.81. The van der Waals surface area contributed by atoms with Crippen LogP contribution in [0.2, 0.25) is 0 Å². The fourth-order valence-electron chi connectivity index (χ4n) is 3.65. The molecule has 2 amide bonds. The van der Waals surface area contributed by atoms with E-state index in [-0.39, 0.29) is 12.1 Å². The topological polar surface area (TPSA) is 91.1 Å². The van der Waals surface area contributed by atoms with E-state index in [1.54, 1.807) is 47.0 Å². The Labute approximate surface area is 168 Å². The number of fused-ring (bicyclic) bond motifs is 3. The number of rotatable bonds is 4. The fraction of sp³-hybridized carbons (Fsp3) is 0.0909. The monoisotopic (exact) mass is 411 g/mol. The first-order valence-corrected chi connectivity index (χ1v) is 8.97. The third-order valence-corrected chi connectivity index (χ3v) is 5.06. The molecule has 0 saturated heterocycles. The maximum atomic E-state index is 13.3. The molecule has 152 valence electrons. The van der Waals surface area contributed by atoms with Gasteiger partial charge in [-0.1, -0.05) is 24.3 Å². The first-order valence-electron chi connectivity index (χ1n) is 8.97. The number of amides is 2. The smallest absolute Gasteiger partial charge is 0.366 e. The zero-order chi connectivity index (χ0) is 21.6. The second-order valence-electron chi connectivity index (χ2n) is 6.94. The standard InChI is InChI=1S/C22H16F3N3O2/c23-22(24,25)14-8-9-15-18(10-14)28(11-12-4-6-13(7-5-12)20(26)29)17-3-1-2-16(19(15)17)21(27)30/h1-10H,11H2,(H2,26,29)(H2,27,30). The lowest BCUT2D eigenvalue weighted by atomic mass is 10.0. The van der Waals surface area contributed by atoms with Crippen molar-refractivity contribution in [3.8, 4) is 0 Å². The summed E-state index contributed by atoms with van der Waals surface area (Å²) in [6.07, 6.45) is -4.51. The van der Waals surface area contributed by atoms with E-state index in [0.29, 0.717) is 27.4 Å². The molecule has 30 heavy (non-hydrogen) atoms. The minimum absolute atomic E-state index is 0.225. The molecule has 0 aliphatic carbocycles. The van der Waals surface area contributed by atoms with Gasteiger partial charge in [0, 0.05) is 28.4 Å². The van der Waals surface area contributed by atoms with Crippen molar-refractivity contribution in [3.63, 3.8) is 0 Å². The number of alkyl halides is 3. The molecule has 4 N–H and O–H groups in total. The van der Waals surface area contributed by atoms with Gasteiger partial charge in [0.2, 0.25) is 11.8 Å². The van der Waals surface area contributed by atoms with E-state index in [9.17, 15) is 22.8 Å². The molecule has 0 aliphatic rings. The maximum absolute atomic E-state index is 13.3. The van der Waals surface area contributed by atoms with Crippen LogP contribution in [0.3, 0.4) is 0 Å². The molecule has 1 aromatic heterocycles. The number of halogens is 3. The van der Waals surface area contributed by atoms with Gasteiger partial charge in [0.05, 0.1) is 16.6 Å². The lowest BCUT2D eigenvalue weighted by Crippen LogP contribution is -2.11. The van der Waals surface area contributed by atoms with Crippen LogP contribution in [-0.4, -0.2) is 16.4 Å². The van der Waals surface area contributed by atoms with Gasteiger partial charge < -0.3 is 16.0 Å². The summed E-state index contributed by atoms with van der Waals surface area (Å²) in [5.74, 6) is -1.23. The van der Waals surface area contributed by atoms with Crippen molar-refractivity contribution in [3.05, 3.63) is 82.9 Å². The van der Waals surface area contributed by atoms with Crippen LogP contribution in [0.5, 0.6) is 0 Å². The van der Waals surface area contributed by atoms with Crippen molar-refractivity contribution in [2.75, 3.05) is 0 Å². The molecule has 0 saturated carbocycles. The molecular formula is C22H16F3N3O2. The van der Waals surface area contributed by atoms with Crippen LogP contribution in [0.4, 0.5) is 13.2 Å². The highest BCUT2D eigenvalue weighted by Gasteiger charge is 2.31. The van der Waals surface area contributed by atoms with Gasteiger partial charge in [0.1, 0.15) is 0 Å². The maximum Gasteiger partial charge on any atom is 0.416 e. The molecule has 3 aromatic carbocycles. The molecule has 0 unspecified atom stereocenters. The third kappa shape index (κ3) is 3.26. The van der Waals surface area contributed by atoms with Gasteiger partial charge in [0.25, 0.3) is 0 Å². The lowest BCUT2D eigenvalue weighted by molar-refractivity contribution is -0.137. The van der Waals surface area contributed by atoms with Crippen LogP contribution in [-0.2, 0) is 12.7 Å². The van der Waals surface area contributed by atoms with Gasteiger partial charge in [-0.05, 0) is 42.0 Å². The van der Waals surface area contributed by atoms with Crippen LogP contribution in [0, 0.1) is 0 Å². The summed E-state index contributed by atoms with van der Waals surface area (Å²) < 4.78 is 41.7. The molecule has 4 aromatic rings. The van der Waals surface area contributed by atoms with Crippen LogP contribution < -0.4 is 11.5 Å². The minimum atomic E-state index is -4.51. The number of hydrogen-bond donors (Lipinski definition) is 2. The normalized spacial score (nSPS) is 11.8. The highest BCUT2D eigenvalue weighted by molar-refractivity contribution is 6.18. The van der Waals surface area contributed by atoms with Crippen molar-refractivity contribution < 1.29 is 22.8 Å². The van der Waals surface area contributed by atoms with E-state index in [1.165, 1.54) is 6.07 Å². The first kappa shape index (κ1) is 19.5. The summed E-state index contributed by atoms with van der Waals surface area (Å²) in [4.78, 5) is 23.2. The van der Waals surface area contributed by atoms with E-state index in [1.807, 2.05) is 0 Å². The number of benzene rings is 3. The van der Waals surface area contributed by atoms with Gasteiger partial charge in [-0.3, -0.25) is 9.59 Å². The van der Waals surface area contributed by atoms with E-state index in [0.717, 1.165) is 17.7 Å². The van der Waals surface area contributed by atoms with Crippen molar-refractivity contribution >= 4 is 33.6 Å². The predicted octanol–water partition coefficient (Wildman–Crippen LogP) is 4.06. The van der Waals surface area contributed by atoms with Crippen LogP contribution in [0.25, 0.3) is 21.8 Å². The number of primary amides is 2. The summed E-state index contributed by atoms with van der Waals surface area (Å²) in [7, 11) is 0. The summed E-state index contributed by atoms with van der Waals surface area (Å²) >= 11 is 0. The van der Waals surface area contributed by atoms with Crippen molar-refractivity contribution in [1.29, 1.82) is 0 Å². The van der Waals surface area contributed by atoms with Gasteiger partial charge >= 0.3 is 6.18 Å². The highest BCUT2D eigenvalue weighted by Crippen LogP contribution is 2.37. The number of aromatic nitrogens is 1. The molecule has 1 heterocycles. The molecule has 0 aliphatic heterocycles. The second kappa shape index (κ2) is 6.91. The van der Waals surface area contributed by atoms with Gasteiger partial charge in [-0.15, -0.1) is 0 Å². The predicted molar refractivity (Wildman–Crippen MR) is 107 cm³/mol. The molecule has 0 atom stereocenters. The largest absolute Gasteiger partial charge is 0.416 e. The molecule has 0 spiro atoms. The minimum Gasteiger partial charge on any atom is -0.366 e. The third-order valence-electron chi connectivity index (χ3n) is 5.06. The molecular weight excluding hydrogens is 395 g/mol. The molecule has 0 fully saturated rings. The quantitative estimate of drug-likeness (QED) is 0.530. The average Bonchev–Trinajstić information content (AvgIpc) is 3.01. The van der Waals surface area contributed by atoms with Crippen LogP contribution >= 0.6 is 0 Å². The summed E-state index contributed by atoms with van der Waals surface area (Å²) in [6.45, 7) is 0.225. The molecule has 0 bridgehead atoms. The Morgan fingerprint density at radius 3 is 2.17 bits per heavy atom. The Morgan fingerprint density at radius 1 is 0.867 bits per heavy atom. The second-order valence-corrected chi connectivity index (χ2v) is 6.94. The lowest BCUT2D eigenvalue weighted by Gasteiger charge is -2.11. The first-order chi connectivity index (χ1) is 14.2. The number of carbonyl (C=O) groups excluding carboxylic acids is 2. The highest BCUT2D eigenvalue weighted by atomic mass is 19.4. The summed E-state index contributed by atoms with van der Waals surface area (Å²) in [5, 5.41) is 1.00. The van der Waals surface area contributed by atoms with E-state index in [4.69, 9.17) is 11.5 Å². The number of nitrogens with two attached hydrogens (primary N) is 2. The Kier molecular flexibility index (Phi) is 4.49. The van der Waals surface area contributed by atoms with Crippen molar-refractivity contribution in [2.45, 2.75) is 12.7 Å². The molecule has 4 rings (SSSR count). The van der Waals surface area contributed by atoms with Crippen LogP contribution in [0.15, 0.2) is 60.7 Å². The zero-order valence-corrected chi connectivity index (χ0v) is 15.5. The zero-order valence-electron chi connectivity index (χ0n) is 15.5. The molecule has 0 radical (unpaired) electrons. The number of carbonyl (C=O) groups is 2.